The van der Waals surface area contributed by atoms with Crippen molar-refractivity contribution < 1.29 is 5.11 Å². The van der Waals surface area contributed by atoms with Crippen LogP contribution >= 0.6 is 0 Å². The highest BCUT2D eigenvalue weighted by atomic mass is 16.3. The number of aromatic nitrogens is 2. The number of benzene rings is 1. The van der Waals surface area contributed by atoms with Gasteiger partial charge in [-0.15, -0.1) is 0 Å². The fraction of sp³-hybridized carbons (Fsp3) is 0.500. The average molecular weight is 287 g/mol. The monoisotopic (exact) mass is 287 g/mol. The van der Waals surface area contributed by atoms with E-state index in [1.54, 1.807) is 6.07 Å². The van der Waals surface area contributed by atoms with Crippen LogP contribution in [0.3, 0.4) is 0 Å². The minimum atomic E-state index is -0.0775. The van der Waals surface area contributed by atoms with Crippen molar-refractivity contribution in [3.05, 3.63) is 40.4 Å². The number of aliphatic hydroxyl groups is 1. The maximum Gasteiger partial charge on any atom is 0.258 e. The highest BCUT2D eigenvalue weighted by molar-refractivity contribution is 5.77. The molecule has 1 aliphatic heterocycles. The fourth-order valence-corrected chi connectivity index (χ4v) is 3.15. The molecule has 2 heterocycles. The summed E-state index contributed by atoms with van der Waals surface area (Å²) >= 11 is 0. The Labute approximate surface area is 123 Å². The molecule has 0 spiro atoms. The molecule has 0 amide bonds. The Morgan fingerprint density at radius 2 is 2.19 bits per heavy atom. The van der Waals surface area contributed by atoms with Gasteiger partial charge < -0.3 is 10.1 Å². The van der Waals surface area contributed by atoms with Crippen LogP contribution in [-0.2, 0) is 6.54 Å². The molecule has 1 aromatic carbocycles. The predicted molar refractivity (Wildman–Crippen MR) is 82.1 cm³/mol. The largest absolute Gasteiger partial charge is 0.396 e. The van der Waals surface area contributed by atoms with Crippen molar-refractivity contribution in [1.29, 1.82) is 0 Å². The van der Waals surface area contributed by atoms with Gasteiger partial charge in [-0.2, -0.15) is 0 Å². The van der Waals surface area contributed by atoms with E-state index in [2.05, 4.69) is 14.9 Å². The Kier molecular flexibility index (Phi) is 4.31. The number of H-pyrrole nitrogens is 1. The Balaban J connectivity index is 1.85. The van der Waals surface area contributed by atoms with Gasteiger partial charge in [0.05, 0.1) is 17.4 Å². The van der Waals surface area contributed by atoms with Crippen molar-refractivity contribution in [3.8, 4) is 0 Å². The van der Waals surface area contributed by atoms with Gasteiger partial charge in [0.1, 0.15) is 5.82 Å². The maximum atomic E-state index is 12.1. The smallest absolute Gasteiger partial charge is 0.258 e. The summed E-state index contributed by atoms with van der Waals surface area (Å²) < 4.78 is 0. The van der Waals surface area contributed by atoms with Gasteiger partial charge in [0.25, 0.3) is 5.56 Å². The molecular weight excluding hydrogens is 266 g/mol. The third kappa shape index (κ3) is 3.14. The number of hydrogen-bond donors (Lipinski definition) is 2. The molecule has 3 rings (SSSR count). The van der Waals surface area contributed by atoms with E-state index >= 15 is 0 Å². The number of aromatic amines is 1. The Morgan fingerprint density at radius 3 is 3.05 bits per heavy atom. The lowest BCUT2D eigenvalue weighted by atomic mass is 9.99. The van der Waals surface area contributed by atoms with Crippen molar-refractivity contribution in [1.82, 2.24) is 14.9 Å². The molecule has 112 valence electrons. The number of hydrogen-bond acceptors (Lipinski definition) is 4. The standard InChI is InChI=1S/C16H21N3O2/c20-10-8-12-5-3-4-9-19(12)11-15-17-14-7-2-1-6-13(14)16(21)18-15/h1-2,6-7,12,20H,3-5,8-11H2,(H,17,18,21). The SMILES string of the molecule is O=c1[nH]c(CN2CCCCC2CCO)nc2ccccc12. The average Bonchev–Trinajstić information content (AvgIpc) is 2.50. The zero-order chi connectivity index (χ0) is 14.7. The van der Waals surface area contributed by atoms with Crippen molar-refractivity contribution in [3.63, 3.8) is 0 Å². The number of fused-ring (bicyclic) bond motifs is 1. The molecule has 0 saturated carbocycles. The molecule has 1 unspecified atom stereocenters. The van der Waals surface area contributed by atoms with E-state index in [4.69, 9.17) is 0 Å². The molecule has 2 N–H and O–H groups in total. The first-order chi connectivity index (χ1) is 10.3. The summed E-state index contributed by atoms with van der Waals surface area (Å²) in [6, 6.07) is 7.80. The van der Waals surface area contributed by atoms with Crippen LogP contribution < -0.4 is 5.56 Å². The van der Waals surface area contributed by atoms with Crippen LogP contribution in [0.4, 0.5) is 0 Å². The van der Waals surface area contributed by atoms with Crippen molar-refractivity contribution in [2.24, 2.45) is 0 Å². The zero-order valence-corrected chi connectivity index (χ0v) is 12.1. The molecule has 1 fully saturated rings. The maximum absolute atomic E-state index is 12.1. The van der Waals surface area contributed by atoms with Crippen LogP contribution in [0.25, 0.3) is 10.9 Å². The quantitative estimate of drug-likeness (QED) is 0.897. The highest BCUT2D eigenvalue weighted by Gasteiger charge is 2.22. The number of nitrogens with zero attached hydrogens (tertiary/aromatic N) is 2. The van der Waals surface area contributed by atoms with Crippen LogP contribution in [0.2, 0.25) is 0 Å². The Hall–Kier alpha value is -1.72. The van der Waals surface area contributed by atoms with Gasteiger partial charge in [0, 0.05) is 12.6 Å². The first kappa shape index (κ1) is 14.2. The van der Waals surface area contributed by atoms with E-state index < -0.39 is 0 Å². The molecule has 1 saturated heterocycles. The first-order valence-corrected chi connectivity index (χ1v) is 7.61. The predicted octanol–water partition coefficient (Wildman–Crippen LogP) is 1.66. The number of para-hydroxylation sites is 1. The van der Waals surface area contributed by atoms with Crippen molar-refractivity contribution in [2.45, 2.75) is 38.3 Å². The van der Waals surface area contributed by atoms with Crippen LogP contribution in [-0.4, -0.2) is 39.2 Å². The van der Waals surface area contributed by atoms with Crippen molar-refractivity contribution in [2.75, 3.05) is 13.2 Å². The number of aliphatic hydroxyl groups excluding tert-OH is 1. The highest BCUT2D eigenvalue weighted by Crippen LogP contribution is 2.21. The summed E-state index contributed by atoms with van der Waals surface area (Å²) in [6.45, 7) is 1.86. The number of nitrogens with one attached hydrogen (secondary N) is 1. The molecule has 1 atom stereocenters. The van der Waals surface area contributed by atoms with Gasteiger partial charge in [0.15, 0.2) is 0 Å². The van der Waals surface area contributed by atoms with E-state index in [1.807, 2.05) is 18.2 Å². The molecule has 5 heteroatoms. The number of likely N-dealkylation sites (tertiary alicyclic amines) is 1. The van der Waals surface area contributed by atoms with Gasteiger partial charge in [-0.05, 0) is 37.9 Å². The van der Waals surface area contributed by atoms with E-state index in [1.165, 1.54) is 12.8 Å². The molecule has 0 bridgehead atoms. The summed E-state index contributed by atoms with van der Waals surface area (Å²) in [5, 5.41) is 9.82. The molecule has 21 heavy (non-hydrogen) atoms. The second kappa shape index (κ2) is 6.37. The second-order valence-electron chi connectivity index (χ2n) is 5.66. The third-order valence-corrected chi connectivity index (χ3v) is 4.23. The lowest BCUT2D eigenvalue weighted by Gasteiger charge is -2.35. The second-order valence-corrected chi connectivity index (χ2v) is 5.66. The molecule has 2 aromatic rings. The van der Waals surface area contributed by atoms with Gasteiger partial charge in [-0.25, -0.2) is 4.98 Å². The summed E-state index contributed by atoms with van der Waals surface area (Å²) in [4.78, 5) is 21.9. The van der Waals surface area contributed by atoms with Gasteiger partial charge in [-0.1, -0.05) is 18.6 Å². The summed E-state index contributed by atoms with van der Waals surface area (Å²) in [7, 11) is 0. The molecule has 1 aromatic heterocycles. The number of rotatable bonds is 4. The Morgan fingerprint density at radius 1 is 1.33 bits per heavy atom. The molecule has 1 aliphatic rings. The van der Waals surface area contributed by atoms with Crippen molar-refractivity contribution >= 4 is 10.9 Å². The third-order valence-electron chi connectivity index (χ3n) is 4.23. The van der Waals surface area contributed by atoms with Gasteiger partial charge >= 0.3 is 0 Å². The summed E-state index contributed by atoms with van der Waals surface area (Å²) in [5.41, 5.74) is 0.665. The molecule has 0 radical (unpaired) electrons. The molecular formula is C16H21N3O2. The molecule has 0 aliphatic carbocycles. The summed E-state index contributed by atoms with van der Waals surface area (Å²) in [6.07, 6.45) is 4.28. The zero-order valence-electron chi connectivity index (χ0n) is 12.1. The first-order valence-electron chi connectivity index (χ1n) is 7.61. The molecule has 5 nitrogen and oxygen atoms in total. The van der Waals surface area contributed by atoms with E-state index in [0.717, 1.165) is 24.9 Å². The number of piperidine rings is 1. The fourth-order valence-electron chi connectivity index (χ4n) is 3.15. The lowest BCUT2D eigenvalue weighted by molar-refractivity contribution is 0.110. The van der Waals surface area contributed by atoms with Crippen LogP contribution in [0.1, 0.15) is 31.5 Å². The minimum Gasteiger partial charge on any atom is -0.396 e. The van der Waals surface area contributed by atoms with Crippen LogP contribution in [0.5, 0.6) is 0 Å². The van der Waals surface area contributed by atoms with Gasteiger partial charge in [-0.3, -0.25) is 9.69 Å². The van der Waals surface area contributed by atoms with E-state index in [9.17, 15) is 9.90 Å². The minimum absolute atomic E-state index is 0.0775. The van der Waals surface area contributed by atoms with Crippen LogP contribution in [0.15, 0.2) is 29.1 Å². The topological polar surface area (TPSA) is 69.2 Å². The van der Waals surface area contributed by atoms with E-state index in [0.29, 0.717) is 23.8 Å². The van der Waals surface area contributed by atoms with E-state index in [-0.39, 0.29) is 12.2 Å². The lowest BCUT2D eigenvalue weighted by Crippen LogP contribution is -2.40. The van der Waals surface area contributed by atoms with Crippen LogP contribution in [0, 0.1) is 0 Å². The van der Waals surface area contributed by atoms with Gasteiger partial charge in [0.2, 0.25) is 0 Å². The summed E-state index contributed by atoms with van der Waals surface area (Å²) in [5.74, 6) is 0.712. The normalized spacial score (nSPS) is 20.0. The Bertz CT molecular complexity index is 666.